The van der Waals surface area contributed by atoms with E-state index in [0.29, 0.717) is 21.2 Å². The summed E-state index contributed by atoms with van der Waals surface area (Å²) in [6.07, 6.45) is -1.06. The van der Waals surface area contributed by atoms with Gasteiger partial charge in [0, 0.05) is 10.0 Å². The van der Waals surface area contributed by atoms with Crippen LogP contribution in [0.15, 0.2) is 42.5 Å². The molecule has 2 atom stereocenters. The Kier molecular flexibility index (Phi) is 7.37. The molecule has 2 unspecified atom stereocenters. The smallest absolute Gasteiger partial charge is 0.338 e. The Hall–Kier alpha value is -3.10. The highest BCUT2D eigenvalue weighted by Crippen LogP contribution is 2.26. The molecule has 2 aromatic rings. The van der Waals surface area contributed by atoms with Crippen LogP contribution < -0.4 is 10.6 Å². The number of carbonyl (C=O) groups excluding carboxylic acids is 4. The molecule has 1 aliphatic rings. The summed E-state index contributed by atoms with van der Waals surface area (Å²) in [5.41, 5.74) is 1.45. The van der Waals surface area contributed by atoms with Gasteiger partial charge >= 0.3 is 12.0 Å². The summed E-state index contributed by atoms with van der Waals surface area (Å²) in [6.45, 7) is 3.19. The number of hydrogen-bond acceptors (Lipinski definition) is 5. The van der Waals surface area contributed by atoms with E-state index in [-0.39, 0.29) is 24.6 Å². The Morgan fingerprint density at radius 1 is 1.16 bits per heavy atom. The maximum Gasteiger partial charge on any atom is 0.338 e. The van der Waals surface area contributed by atoms with Crippen molar-refractivity contribution < 1.29 is 23.9 Å². The van der Waals surface area contributed by atoms with Crippen molar-refractivity contribution in [3.63, 3.8) is 0 Å². The van der Waals surface area contributed by atoms with Gasteiger partial charge in [0.15, 0.2) is 6.10 Å². The van der Waals surface area contributed by atoms with Crippen molar-refractivity contribution in [2.75, 3.05) is 6.54 Å². The van der Waals surface area contributed by atoms with E-state index < -0.39 is 30.1 Å². The van der Waals surface area contributed by atoms with Crippen molar-refractivity contribution >= 4 is 47.0 Å². The number of hydrogen-bond donors (Lipinski definition) is 2. The van der Waals surface area contributed by atoms with E-state index in [2.05, 4.69) is 10.6 Å². The van der Waals surface area contributed by atoms with Gasteiger partial charge in [0.1, 0.15) is 0 Å². The van der Waals surface area contributed by atoms with Crippen LogP contribution in [0.25, 0.3) is 0 Å². The lowest BCUT2D eigenvalue weighted by Gasteiger charge is -2.19. The number of imide groups is 1. The number of ether oxygens (including phenoxy) is 1. The molecule has 32 heavy (non-hydrogen) atoms. The van der Waals surface area contributed by atoms with Crippen molar-refractivity contribution in [3.8, 4) is 0 Å². The van der Waals surface area contributed by atoms with E-state index >= 15 is 0 Å². The van der Waals surface area contributed by atoms with E-state index in [1.54, 1.807) is 37.3 Å². The van der Waals surface area contributed by atoms with Crippen LogP contribution in [0.5, 0.6) is 0 Å². The zero-order valence-corrected chi connectivity index (χ0v) is 18.9. The van der Waals surface area contributed by atoms with E-state index in [1.807, 2.05) is 0 Å². The molecule has 2 aromatic carbocycles. The van der Waals surface area contributed by atoms with Crippen molar-refractivity contribution in [2.45, 2.75) is 32.5 Å². The third kappa shape index (κ3) is 5.57. The number of urea groups is 1. The van der Waals surface area contributed by atoms with Gasteiger partial charge in [-0.25, -0.2) is 9.59 Å². The number of amides is 4. The molecule has 0 spiro atoms. The molecule has 1 aliphatic heterocycles. The van der Waals surface area contributed by atoms with Gasteiger partial charge in [0.25, 0.3) is 5.91 Å². The van der Waals surface area contributed by atoms with E-state index in [4.69, 9.17) is 27.9 Å². The highest BCUT2D eigenvalue weighted by molar-refractivity contribution is 6.35. The molecule has 0 bridgehead atoms. The molecule has 168 valence electrons. The molecule has 8 nitrogen and oxygen atoms in total. The first kappa shape index (κ1) is 23.6. The van der Waals surface area contributed by atoms with Gasteiger partial charge in [-0.05, 0) is 49.2 Å². The first-order chi connectivity index (χ1) is 15.2. The number of esters is 1. The average Bonchev–Trinajstić information content (AvgIpc) is 3.05. The minimum absolute atomic E-state index is 0.0290. The van der Waals surface area contributed by atoms with Crippen molar-refractivity contribution in [1.29, 1.82) is 0 Å². The summed E-state index contributed by atoms with van der Waals surface area (Å²) >= 11 is 12.1. The molecule has 0 saturated carbocycles. The monoisotopic (exact) mass is 477 g/mol. The summed E-state index contributed by atoms with van der Waals surface area (Å²) in [4.78, 5) is 49.5. The SMILES string of the molecule is CC(OC(=O)c1cccc(CN2C(=O)CNC2=O)c1)C(=O)NC(C)c1ccc(Cl)cc1Cl. The first-order valence-corrected chi connectivity index (χ1v) is 10.5. The Morgan fingerprint density at radius 3 is 2.56 bits per heavy atom. The van der Waals surface area contributed by atoms with Crippen molar-refractivity contribution in [3.05, 3.63) is 69.2 Å². The second-order valence-electron chi connectivity index (χ2n) is 7.28. The molecular formula is C22H21Cl2N3O5. The van der Waals surface area contributed by atoms with E-state index in [0.717, 1.165) is 4.90 Å². The van der Waals surface area contributed by atoms with Gasteiger partial charge in [-0.15, -0.1) is 0 Å². The average molecular weight is 478 g/mol. The number of nitrogens with zero attached hydrogens (tertiary/aromatic N) is 1. The van der Waals surface area contributed by atoms with Crippen molar-refractivity contribution in [1.82, 2.24) is 15.5 Å². The predicted molar refractivity (Wildman–Crippen MR) is 118 cm³/mol. The van der Waals surface area contributed by atoms with Gasteiger partial charge in [-0.2, -0.15) is 0 Å². The zero-order chi connectivity index (χ0) is 23.4. The van der Waals surface area contributed by atoms with Crippen LogP contribution in [-0.2, 0) is 20.9 Å². The van der Waals surface area contributed by atoms with Crippen LogP contribution in [0.2, 0.25) is 10.0 Å². The second-order valence-corrected chi connectivity index (χ2v) is 8.13. The molecule has 0 aliphatic carbocycles. The fraction of sp³-hybridized carbons (Fsp3) is 0.273. The number of benzene rings is 2. The molecule has 10 heteroatoms. The van der Waals surface area contributed by atoms with Crippen LogP contribution in [0.1, 0.15) is 41.4 Å². The third-order valence-corrected chi connectivity index (χ3v) is 5.44. The molecule has 1 fully saturated rings. The summed E-state index contributed by atoms with van der Waals surface area (Å²) < 4.78 is 5.29. The maximum atomic E-state index is 12.5. The molecule has 3 rings (SSSR count). The molecule has 0 aromatic heterocycles. The van der Waals surface area contributed by atoms with Gasteiger partial charge in [-0.3, -0.25) is 14.5 Å². The lowest BCUT2D eigenvalue weighted by Crippen LogP contribution is -2.37. The minimum Gasteiger partial charge on any atom is -0.449 e. The topological polar surface area (TPSA) is 105 Å². The quantitative estimate of drug-likeness (QED) is 0.469. The second kappa shape index (κ2) is 10.0. The Balaban J connectivity index is 1.60. The van der Waals surface area contributed by atoms with Gasteiger partial charge < -0.3 is 15.4 Å². The molecule has 2 N–H and O–H groups in total. The highest BCUT2D eigenvalue weighted by Gasteiger charge is 2.28. The van der Waals surface area contributed by atoms with Gasteiger partial charge in [-0.1, -0.05) is 41.4 Å². The van der Waals surface area contributed by atoms with E-state index in [9.17, 15) is 19.2 Å². The van der Waals surface area contributed by atoms with Gasteiger partial charge in [0.05, 0.1) is 24.7 Å². The van der Waals surface area contributed by atoms with E-state index in [1.165, 1.54) is 19.1 Å². The minimum atomic E-state index is -1.06. The lowest BCUT2D eigenvalue weighted by molar-refractivity contribution is -0.129. The molecule has 4 amide bonds. The third-order valence-electron chi connectivity index (χ3n) is 4.88. The Bertz CT molecular complexity index is 1060. The highest BCUT2D eigenvalue weighted by atomic mass is 35.5. The van der Waals surface area contributed by atoms with Crippen LogP contribution in [0.4, 0.5) is 4.79 Å². The van der Waals surface area contributed by atoms with Crippen LogP contribution in [0, 0.1) is 0 Å². The summed E-state index contributed by atoms with van der Waals surface area (Å²) in [5, 5.41) is 6.08. The number of carbonyl (C=O) groups is 4. The molecular weight excluding hydrogens is 457 g/mol. The predicted octanol–water partition coefficient (Wildman–Crippen LogP) is 3.47. The van der Waals surface area contributed by atoms with Crippen molar-refractivity contribution in [2.24, 2.45) is 0 Å². The number of halogens is 2. The van der Waals surface area contributed by atoms with Crippen LogP contribution in [0.3, 0.4) is 0 Å². The maximum absolute atomic E-state index is 12.5. The fourth-order valence-electron chi connectivity index (χ4n) is 3.14. The summed E-state index contributed by atoms with van der Waals surface area (Å²) in [6, 6.07) is 10.4. The number of nitrogens with one attached hydrogen (secondary N) is 2. The van der Waals surface area contributed by atoms with Gasteiger partial charge in [0.2, 0.25) is 5.91 Å². The fourth-order valence-corrected chi connectivity index (χ4v) is 3.71. The lowest BCUT2D eigenvalue weighted by atomic mass is 10.1. The molecule has 1 heterocycles. The van der Waals surface area contributed by atoms with Crippen LogP contribution in [-0.4, -0.2) is 41.4 Å². The largest absolute Gasteiger partial charge is 0.449 e. The Labute approximate surface area is 194 Å². The normalized spacial score (nSPS) is 15.2. The van der Waals surface area contributed by atoms with Crippen LogP contribution >= 0.6 is 23.2 Å². The number of rotatable bonds is 7. The molecule has 0 radical (unpaired) electrons. The summed E-state index contributed by atoms with van der Waals surface area (Å²) in [7, 11) is 0. The summed E-state index contributed by atoms with van der Waals surface area (Å²) in [5.74, 6) is -1.54. The first-order valence-electron chi connectivity index (χ1n) is 9.79. The standard InChI is InChI=1S/C22H21Cl2N3O5/c1-12(17-7-6-16(23)9-18(17)24)26-20(29)13(2)32-21(30)15-5-3-4-14(8-15)11-27-19(28)10-25-22(27)31/h3-9,12-13H,10-11H2,1-2H3,(H,25,31)(H,26,29). The zero-order valence-electron chi connectivity index (χ0n) is 17.4. The Morgan fingerprint density at radius 2 is 1.91 bits per heavy atom. The molecule has 1 saturated heterocycles.